The van der Waals surface area contributed by atoms with Crippen LogP contribution in [0.1, 0.15) is 5.56 Å². The molecule has 0 saturated carbocycles. The first-order valence-corrected chi connectivity index (χ1v) is 6.11. The highest BCUT2D eigenvalue weighted by Gasteiger charge is 2.31. The van der Waals surface area contributed by atoms with Gasteiger partial charge in [0.15, 0.2) is 0 Å². The molecule has 0 radical (unpaired) electrons. The molecule has 2 aromatic heterocycles. The molecule has 1 aliphatic rings. The van der Waals surface area contributed by atoms with E-state index in [-0.39, 0.29) is 11.1 Å². The van der Waals surface area contributed by atoms with Gasteiger partial charge in [0.05, 0.1) is 16.6 Å². The minimum absolute atomic E-state index is 0.243. The lowest BCUT2D eigenvalue weighted by atomic mass is 10.2. The quantitative estimate of drug-likeness (QED) is 0.797. The number of hydrogen-bond donors (Lipinski definition) is 1. The molecule has 6 heteroatoms. The van der Waals surface area contributed by atoms with Gasteiger partial charge in [0.25, 0.3) is 11.1 Å². The fourth-order valence-corrected chi connectivity index (χ4v) is 2.62. The van der Waals surface area contributed by atoms with Crippen LogP contribution in [0.25, 0.3) is 17.0 Å². The van der Waals surface area contributed by atoms with Crippen molar-refractivity contribution < 1.29 is 9.59 Å². The Morgan fingerprint density at radius 3 is 3.00 bits per heavy atom. The molecule has 3 heterocycles. The third-order valence-electron chi connectivity index (χ3n) is 2.79. The third-order valence-corrected chi connectivity index (χ3v) is 3.75. The number of aromatic nitrogens is 2. The molecule has 18 heavy (non-hydrogen) atoms. The van der Waals surface area contributed by atoms with E-state index in [4.69, 9.17) is 0 Å². The van der Waals surface area contributed by atoms with Gasteiger partial charge >= 0.3 is 0 Å². The lowest BCUT2D eigenvalue weighted by molar-refractivity contribution is -0.121. The first-order chi connectivity index (χ1) is 8.66. The van der Waals surface area contributed by atoms with Crippen molar-refractivity contribution in [3.8, 4) is 0 Å². The number of imide groups is 1. The lowest BCUT2D eigenvalue weighted by Crippen LogP contribution is -2.22. The second-order valence-corrected chi connectivity index (χ2v) is 4.90. The Balaban J connectivity index is 2.07. The molecular weight excluding hydrogens is 250 g/mol. The Kier molecular flexibility index (Phi) is 2.45. The molecule has 0 unspecified atom stereocenters. The molecule has 1 fully saturated rings. The molecule has 0 aromatic carbocycles. The van der Waals surface area contributed by atoms with Crippen LogP contribution in [-0.2, 0) is 4.79 Å². The molecule has 0 spiro atoms. The summed E-state index contributed by atoms with van der Waals surface area (Å²) in [5.41, 5.74) is 1.78. The van der Waals surface area contributed by atoms with Crippen molar-refractivity contribution in [3.05, 3.63) is 35.1 Å². The van der Waals surface area contributed by atoms with Gasteiger partial charge in [-0.1, -0.05) is 0 Å². The molecule has 1 N–H and O–H groups in total. The van der Waals surface area contributed by atoms with Crippen LogP contribution in [0.2, 0.25) is 0 Å². The zero-order valence-corrected chi connectivity index (χ0v) is 10.3. The third kappa shape index (κ3) is 1.62. The van der Waals surface area contributed by atoms with Crippen LogP contribution in [0.4, 0.5) is 4.79 Å². The monoisotopic (exact) mass is 259 g/mol. The second-order valence-electron chi connectivity index (χ2n) is 3.91. The highest BCUT2D eigenvalue weighted by molar-refractivity contribution is 8.18. The van der Waals surface area contributed by atoms with Gasteiger partial charge in [-0.3, -0.25) is 19.5 Å². The maximum absolute atomic E-state index is 11.8. The van der Waals surface area contributed by atoms with Crippen molar-refractivity contribution in [2.75, 3.05) is 7.05 Å². The van der Waals surface area contributed by atoms with E-state index in [2.05, 4.69) is 9.97 Å². The number of aromatic amines is 1. The minimum atomic E-state index is -0.256. The van der Waals surface area contributed by atoms with Gasteiger partial charge in [-0.2, -0.15) is 0 Å². The summed E-state index contributed by atoms with van der Waals surface area (Å²) in [7, 11) is 1.48. The average Bonchev–Trinajstić information content (AvgIpc) is 2.89. The van der Waals surface area contributed by atoms with Gasteiger partial charge in [-0.15, -0.1) is 0 Å². The molecule has 0 atom stereocenters. The van der Waals surface area contributed by atoms with Crippen molar-refractivity contribution >= 4 is 39.9 Å². The van der Waals surface area contributed by atoms with Crippen molar-refractivity contribution in [3.63, 3.8) is 0 Å². The molecule has 0 aliphatic carbocycles. The van der Waals surface area contributed by atoms with Gasteiger partial charge in [-0.25, -0.2) is 0 Å². The van der Waals surface area contributed by atoms with E-state index in [1.54, 1.807) is 24.7 Å². The molecule has 90 valence electrons. The first-order valence-electron chi connectivity index (χ1n) is 5.29. The fraction of sp³-hybridized carbons (Fsp3) is 0.0833. The molecular formula is C12H9N3O2S. The van der Waals surface area contributed by atoms with E-state index in [9.17, 15) is 9.59 Å². The number of nitrogens with zero attached hydrogens (tertiary/aromatic N) is 2. The summed E-state index contributed by atoms with van der Waals surface area (Å²) < 4.78 is 0. The van der Waals surface area contributed by atoms with Crippen LogP contribution >= 0.6 is 11.8 Å². The summed E-state index contributed by atoms with van der Waals surface area (Å²) in [6.45, 7) is 0. The number of carbonyl (C=O) groups excluding carboxylic acids is 2. The van der Waals surface area contributed by atoms with Gasteiger partial charge < -0.3 is 4.98 Å². The number of fused-ring (bicyclic) bond motifs is 1. The zero-order chi connectivity index (χ0) is 12.7. The number of amides is 2. The highest BCUT2D eigenvalue weighted by Crippen LogP contribution is 2.32. The number of likely N-dealkylation sites (N-methyl/N-ethyl adjacent to an activating group) is 1. The van der Waals surface area contributed by atoms with Gasteiger partial charge in [-0.05, 0) is 23.9 Å². The standard InChI is InChI=1S/C12H9N3O2S/c1-15-11(16)10(18-12(15)17)4-7-5-14-9-6-13-3-2-8(7)9/h2-6,14H,1H3/b10-4-. The van der Waals surface area contributed by atoms with E-state index < -0.39 is 0 Å². The van der Waals surface area contributed by atoms with Gasteiger partial charge in [0, 0.05) is 30.4 Å². The number of rotatable bonds is 1. The molecule has 1 aliphatic heterocycles. The molecule has 3 rings (SSSR count). The first kappa shape index (κ1) is 11.0. The van der Waals surface area contributed by atoms with Crippen LogP contribution in [0.5, 0.6) is 0 Å². The van der Waals surface area contributed by atoms with Crippen LogP contribution in [0, 0.1) is 0 Å². The number of thioether (sulfide) groups is 1. The minimum Gasteiger partial charge on any atom is -0.359 e. The maximum atomic E-state index is 11.8. The van der Waals surface area contributed by atoms with Gasteiger partial charge in [0.2, 0.25) is 0 Å². The van der Waals surface area contributed by atoms with E-state index in [1.807, 2.05) is 6.07 Å². The van der Waals surface area contributed by atoms with E-state index in [1.165, 1.54) is 7.05 Å². The Hall–Kier alpha value is -2.08. The largest absolute Gasteiger partial charge is 0.359 e. The fourth-order valence-electron chi connectivity index (χ4n) is 1.80. The van der Waals surface area contributed by atoms with Crippen molar-refractivity contribution in [2.24, 2.45) is 0 Å². The topological polar surface area (TPSA) is 66.1 Å². The predicted octanol–water partition coefficient (Wildman–Crippen LogP) is 2.23. The molecule has 5 nitrogen and oxygen atoms in total. The van der Waals surface area contributed by atoms with Crippen molar-refractivity contribution in [2.45, 2.75) is 0 Å². The SMILES string of the molecule is CN1C(=O)S/C(=C\c2c[nH]c3cnccc23)C1=O. The Bertz CT molecular complexity index is 689. The number of carbonyl (C=O) groups is 2. The van der Waals surface area contributed by atoms with Crippen LogP contribution in [0.3, 0.4) is 0 Å². The molecule has 2 aromatic rings. The number of hydrogen-bond acceptors (Lipinski definition) is 4. The zero-order valence-electron chi connectivity index (χ0n) is 9.51. The van der Waals surface area contributed by atoms with Crippen LogP contribution in [0.15, 0.2) is 29.6 Å². The number of nitrogens with one attached hydrogen (secondary N) is 1. The van der Waals surface area contributed by atoms with Crippen molar-refractivity contribution in [1.82, 2.24) is 14.9 Å². The summed E-state index contributed by atoms with van der Waals surface area (Å²) >= 11 is 0.958. The smallest absolute Gasteiger partial charge is 0.293 e. The maximum Gasteiger partial charge on any atom is 0.293 e. The predicted molar refractivity (Wildman–Crippen MR) is 69.8 cm³/mol. The van der Waals surface area contributed by atoms with Crippen LogP contribution < -0.4 is 0 Å². The second kappa shape index (κ2) is 3.99. The highest BCUT2D eigenvalue weighted by atomic mass is 32.2. The molecule has 0 bridgehead atoms. The van der Waals surface area contributed by atoms with Crippen molar-refractivity contribution in [1.29, 1.82) is 0 Å². The number of pyridine rings is 1. The summed E-state index contributed by atoms with van der Waals surface area (Å²) in [5, 5.41) is 0.737. The average molecular weight is 259 g/mol. The summed E-state index contributed by atoms with van der Waals surface area (Å²) in [4.78, 5) is 31.8. The molecule has 2 amide bonds. The Labute approximate surface area is 107 Å². The van der Waals surface area contributed by atoms with E-state index >= 15 is 0 Å². The molecule has 1 saturated heterocycles. The number of H-pyrrole nitrogens is 1. The van der Waals surface area contributed by atoms with Crippen LogP contribution in [-0.4, -0.2) is 33.1 Å². The van der Waals surface area contributed by atoms with Gasteiger partial charge in [0.1, 0.15) is 0 Å². The Morgan fingerprint density at radius 1 is 1.44 bits per heavy atom. The summed E-state index contributed by atoms with van der Waals surface area (Å²) in [6.07, 6.45) is 6.94. The lowest BCUT2D eigenvalue weighted by Gasteiger charge is -2.00. The Morgan fingerprint density at radius 2 is 2.28 bits per heavy atom. The van der Waals surface area contributed by atoms with E-state index in [0.717, 1.165) is 33.1 Å². The normalized spacial score (nSPS) is 18.3. The summed E-state index contributed by atoms with van der Waals surface area (Å²) in [6, 6.07) is 1.87. The summed E-state index contributed by atoms with van der Waals surface area (Å²) in [5.74, 6) is -0.256. The van der Waals surface area contributed by atoms with E-state index in [0.29, 0.717) is 4.91 Å².